The Balaban J connectivity index is 1.54. The van der Waals surface area contributed by atoms with Gasteiger partial charge in [-0.3, -0.25) is 20.4 Å². The van der Waals surface area contributed by atoms with Crippen LogP contribution in [0.1, 0.15) is 33.2 Å². The Labute approximate surface area is 183 Å². The van der Waals surface area contributed by atoms with Crippen LogP contribution in [0.3, 0.4) is 0 Å². The summed E-state index contributed by atoms with van der Waals surface area (Å²) in [6.07, 6.45) is -0.816. The summed E-state index contributed by atoms with van der Waals surface area (Å²) in [5, 5.41) is 9.45. The first-order valence-corrected chi connectivity index (χ1v) is 9.67. The molecule has 7 nitrogen and oxygen atoms in total. The van der Waals surface area contributed by atoms with Gasteiger partial charge in [0.25, 0.3) is 5.91 Å². The molecular weight excluding hydrogens is 420 g/mol. The second-order valence-electron chi connectivity index (χ2n) is 6.62. The monoisotopic (exact) mass is 438 g/mol. The largest absolute Gasteiger partial charge is 0.481 e. The van der Waals surface area contributed by atoms with Crippen molar-refractivity contribution in [3.63, 3.8) is 0 Å². The Hall–Kier alpha value is -3.84. The Bertz CT molecular complexity index is 1080. The van der Waals surface area contributed by atoms with E-state index in [-0.39, 0.29) is 11.3 Å². The fourth-order valence-electron chi connectivity index (χ4n) is 2.64. The highest BCUT2D eigenvalue weighted by molar-refractivity contribution is 6.30. The molecule has 3 aromatic carbocycles. The van der Waals surface area contributed by atoms with E-state index >= 15 is 0 Å². The van der Waals surface area contributed by atoms with Crippen molar-refractivity contribution >= 4 is 34.9 Å². The molecule has 0 saturated carbocycles. The molecule has 0 aromatic heterocycles. The van der Waals surface area contributed by atoms with E-state index in [9.17, 15) is 14.4 Å². The van der Waals surface area contributed by atoms with Crippen LogP contribution in [0.4, 0.5) is 5.69 Å². The lowest BCUT2D eigenvalue weighted by molar-refractivity contribution is -0.126. The third-order valence-corrected chi connectivity index (χ3v) is 4.62. The van der Waals surface area contributed by atoms with Gasteiger partial charge in [0.05, 0.1) is 11.3 Å². The highest BCUT2D eigenvalue weighted by Gasteiger charge is 2.15. The molecule has 3 rings (SSSR count). The van der Waals surface area contributed by atoms with Crippen LogP contribution >= 0.6 is 11.6 Å². The first-order chi connectivity index (χ1) is 14.8. The molecule has 0 aliphatic rings. The van der Waals surface area contributed by atoms with E-state index in [0.29, 0.717) is 27.6 Å². The number of ether oxygens (including phenoxy) is 1. The molecule has 0 saturated heterocycles. The van der Waals surface area contributed by atoms with Gasteiger partial charge in [-0.2, -0.15) is 0 Å². The first-order valence-electron chi connectivity index (χ1n) is 9.29. The lowest BCUT2D eigenvalue weighted by Crippen LogP contribution is -2.39. The lowest BCUT2D eigenvalue weighted by atomic mass is 10.0. The van der Waals surface area contributed by atoms with Gasteiger partial charge in [0, 0.05) is 16.1 Å². The fraction of sp³-hybridized carbons (Fsp3) is 0.0870. The van der Waals surface area contributed by atoms with Gasteiger partial charge in [-0.1, -0.05) is 11.6 Å². The second-order valence-corrected chi connectivity index (χ2v) is 7.05. The number of hydrogen-bond acceptors (Lipinski definition) is 5. The van der Waals surface area contributed by atoms with Crippen molar-refractivity contribution in [3.05, 3.63) is 94.5 Å². The summed E-state index contributed by atoms with van der Waals surface area (Å²) >= 11 is 5.85. The SMILES string of the molecule is CC(Oc1ccc(C(=O)c2ccc(Cl)cc2)cc1)C(=O)NNc1ccc(C(=O)O)cc1. The number of aromatic carboxylic acids is 1. The summed E-state index contributed by atoms with van der Waals surface area (Å²) < 4.78 is 5.61. The molecule has 0 bridgehead atoms. The number of amides is 1. The summed E-state index contributed by atoms with van der Waals surface area (Å²) in [6, 6.07) is 19.0. The van der Waals surface area contributed by atoms with Crippen molar-refractivity contribution in [2.45, 2.75) is 13.0 Å². The number of hydrogen-bond donors (Lipinski definition) is 3. The minimum atomic E-state index is -1.03. The predicted molar refractivity (Wildman–Crippen MR) is 117 cm³/mol. The van der Waals surface area contributed by atoms with Crippen LogP contribution in [0.15, 0.2) is 72.8 Å². The van der Waals surface area contributed by atoms with Crippen LogP contribution in [-0.4, -0.2) is 28.9 Å². The number of carboxylic acid groups (broad SMARTS) is 1. The van der Waals surface area contributed by atoms with Crippen LogP contribution < -0.4 is 15.6 Å². The topological polar surface area (TPSA) is 105 Å². The number of anilines is 1. The van der Waals surface area contributed by atoms with Gasteiger partial charge in [-0.05, 0) is 79.7 Å². The van der Waals surface area contributed by atoms with E-state index in [2.05, 4.69) is 10.9 Å². The van der Waals surface area contributed by atoms with Crippen molar-refractivity contribution < 1.29 is 24.2 Å². The second kappa shape index (κ2) is 9.77. The zero-order valence-corrected chi connectivity index (χ0v) is 17.2. The van der Waals surface area contributed by atoms with Crippen LogP contribution in [-0.2, 0) is 4.79 Å². The highest BCUT2D eigenvalue weighted by atomic mass is 35.5. The van der Waals surface area contributed by atoms with Gasteiger partial charge in [0.2, 0.25) is 0 Å². The number of halogens is 1. The number of nitrogens with one attached hydrogen (secondary N) is 2. The molecule has 0 fully saturated rings. The van der Waals surface area contributed by atoms with Crippen LogP contribution in [0.2, 0.25) is 5.02 Å². The highest BCUT2D eigenvalue weighted by Crippen LogP contribution is 2.18. The van der Waals surface area contributed by atoms with Gasteiger partial charge < -0.3 is 9.84 Å². The van der Waals surface area contributed by atoms with Crippen molar-refractivity contribution in [2.75, 3.05) is 5.43 Å². The molecule has 1 unspecified atom stereocenters. The third-order valence-electron chi connectivity index (χ3n) is 4.37. The van der Waals surface area contributed by atoms with E-state index in [1.54, 1.807) is 55.5 Å². The van der Waals surface area contributed by atoms with Crippen molar-refractivity contribution in [1.29, 1.82) is 0 Å². The Kier molecular flexibility index (Phi) is 6.89. The van der Waals surface area contributed by atoms with Crippen LogP contribution in [0.25, 0.3) is 0 Å². The maximum atomic E-state index is 12.5. The molecule has 1 amide bonds. The normalized spacial score (nSPS) is 11.3. The smallest absolute Gasteiger partial charge is 0.335 e. The van der Waals surface area contributed by atoms with E-state index in [1.807, 2.05) is 0 Å². The maximum absolute atomic E-state index is 12.5. The zero-order valence-electron chi connectivity index (χ0n) is 16.5. The van der Waals surface area contributed by atoms with Crippen LogP contribution in [0, 0.1) is 0 Å². The Morgan fingerprint density at radius 1 is 0.839 bits per heavy atom. The molecule has 0 heterocycles. The molecule has 0 radical (unpaired) electrons. The van der Waals surface area contributed by atoms with E-state index < -0.39 is 18.0 Å². The predicted octanol–water partition coefficient (Wildman–Crippen LogP) is 4.18. The van der Waals surface area contributed by atoms with Gasteiger partial charge >= 0.3 is 5.97 Å². The van der Waals surface area contributed by atoms with Crippen molar-refractivity contribution in [3.8, 4) is 5.75 Å². The van der Waals surface area contributed by atoms with E-state index in [1.165, 1.54) is 24.3 Å². The molecule has 3 aromatic rings. The first kappa shape index (κ1) is 21.9. The standard InChI is InChI=1S/C23H19ClN2O5/c1-14(22(28)26-25-19-10-4-17(5-11-19)23(29)30)31-20-12-6-16(7-13-20)21(27)15-2-8-18(24)9-3-15/h2-14,25H,1H3,(H,26,28)(H,29,30). The van der Waals surface area contributed by atoms with Crippen molar-refractivity contribution in [1.82, 2.24) is 5.43 Å². The van der Waals surface area contributed by atoms with E-state index in [0.717, 1.165) is 0 Å². The third kappa shape index (κ3) is 5.83. The minimum Gasteiger partial charge on any atom is -0.481 e. The molecule has 8 heteroatoms. The summed E-state index contributed by atoms with van der Waals surface area (Å²) in [4.78, 5) is 35.6. The molecular formula is C23H19ClN2O5. The number of benzene rings is 3. The van der Waals surface area contributed by atoms with Gasteiger partial charge in [0.1, 0.15) is 5.75 Å². The molecule has 158 valence electrons. The average molecular weight is 439 g/mol. The maximum Gasteiger partial charge on any atom is 0.335 e. The number of carbonyl (C=O) groups excluding carboxylic acids is 2. The van der Waals surface area contributed by atoms with Crippen LogP contribution in [0.5, 0.6) is 5.75 Å². The van der Waals surface area contributed by atoms with E-state index in [4.69, 9.17) is 21.4 Å². The molecule has 3 N–H and O–H groups in total. The number of ketones is 1. The summed E-state index contributed by atoms with van der Waals surface area (Å²) in [5.74, 6) is -1.17. The summed E-state index contributed by atoms with van der Waals surface area (Å²) in [6.45, 7) is 1.58. The van der Waals surface area contributed by atoms with Crippen molar-refractivity contribution in [2.24, 2.45) is 0 Å². The Morgan fingerprint density at radius 2 is 1.35 bits per heavy atom. The summed E-state index contributed by atoms with van der Waals surface area (Å²) in [5.41, 5.74) is 6.87. The minimum absolute atomic E-state index is 0.145. The number of hydrazine groups is 1. The fourth-order valence-corrected chi connectivity index (χ4v) is 2.77. The molecule has 31 heavy (non-hydrogen) atoms. The Morgan fingerprint density at radius 3 is 1.90 bits per heavy atom. The van der Waals surface area contributed by atoms with Gasteiger partial charge in [0.15, 0.2) is 11.9 Å². The molecule has 0 aliphatic carbocycles. The van der Waals surface area contributed by atoms with Gasteiger partial charge in [-0.25, -0.2) is 4.79 Å². The lowest BCUT2D eigenvalue weighted by Gasteiger charge is -2.16. The average Bonchev–Trinajstić information content (AvgIpc) is 2.78. The number of rotatable bonds is 8. The number of carbonyl (C=O) groups is 3. The molecule has 1 atom stereocenters. The quantitative estimate of drug-likeness (QED) is 0.360. The van der Waals surface area contributed by atoms with Gasteiger partial charge in [-0.15, -0.1) is 0 Å². The molecule has 0 spiro atoms. The molecule has 0 aliphatic heterocycles. The summed E-state index contributed by atoms with van der Waals surface area (Å²) in [7, 11) is 0. The zero-order chi connectivity index (χ0) is 22.4. The number of carboxylic acids is 1.